The molecule has 0 radical (unpaired) electrons. The molecule has 2 aromatic heterocycles. The normalized spacial score (nSPS) is 10.5. The topological polar surface area (TPSA) is 107 Å². The average molecular weight is 342 g/mol. The second-order valence-electron chi connectivity index (χ2n) is 4.08. The molecular weight excluding hydrogens is 328 g/mol. The summed E-state index contributed by atoms with van der Waals surface area (Å²) in [6.07, 6.45) is 0. The molecule has 0 unspecified atom stereocenters. The van der Waals surface area contributed by atoms with Crippen molar-refractivity contribution >= 4 is 40.1 Å². The fourth-order valence-corrected chi connectivity index (χ4v) is 2.94. The number of aryl methyl sites for hydroxylation is 2. The summed E-state index contributed by atoms with van der Waals surface area (Å²) >= 11 is 2.21. The number of esters is 1. The molecule has 2 rings (SSSR count). The van der Waals surface area contributed by atoms with E-state index in [4.69, 9.17) is 9.15 Å². The molecule has 10 heteroatoms. The molecule has 0 aliphatic rings. The summed E-state index contributed by atoms with van der Waals surface area (Å²) in [6.45, 7) is 5.38. The van der Waals surface area contributed by atoms with Crippen LogP contribution < -0.4 is 5.32 Å². The van der Waals surface area contributed by atoms with Crippen LogP contribution in [0.2, 0.25) is 0 Å². The standard InChI is InChI=1S/C12H14N4O4S2/c1-4-19-10(18)9-6(2)13-11(22-9)14-8(17)5-21-12-16-15-7(3)20-12/h4-5H2,1-3H3,(H,13,14,17). The van der Waals surface area contributed by atoms with Crippen molar-refractivity contribution in [3.8, 4) is 0 Å². The predicted octanol–water partition coefficient (Wildman–Crippen LogP) is 2.05. The van der Waals surface area contributed by atoms with Gasteiger partial charge in [0.25, 0.3) is 5.22 Å². The van der Waals surface area contributed by atoms with Crippen LogP contribution in [0.1, 0.15) is 28.2 Å². The Hall–Kier alpha value is -1.94. The maximum absolute atomic E-state index is 11.8. The zero-order valence-electron chi connectivity index (χ0n) is 12.2. The first-order chi connectivity index (χ1) is 10.5. The predicted molar refractivity (Wildman–Crippen MR) is 81.2 cm³/mol. The molecule has 118 valence electrons. The van der Waals surface area contributed by atoms with Gasteiger partial charge >= 0.3 is 5.97 Å². The van der Waals surface area contributed by atoms with Crippen LogP contribution in [0.4, 0.5) is 5.13 Å². The number of aromatic nitrogens is 3. The van der Waals surface area contributed by atoms with Crippen molar-refractivity contribution in [3.63, 3.8) is 0 Å². The zero-order chi connectivity index (χ0) is 16.1. The first kappa shape index (κ1) is 16.4. The second-order valence-corrected chi connectivity index (χ2v) is 6.00. The molecule has 0 atom stereocenters. The lowest BCUT2D eigenvalue weighted by Crippen LogP contribution is -2.13. The third-order valence-electron chi connectivity index (χ3n) is 2.34. The Kier molecular flexibility index (Phi) is 5.50. The highest BCUT2D eigenvalue weighted by Gasteiger charge is 2.17. The number of thiazole rings is 1. The van der Waals surface area contributed by atoms with Crippen molar-refractivity contribution in [2.24, 2.45) is 0 Å². The van der Waals surface area contributed by atoms with Gasteiger partial charge in [0.15, 0.2) is 5.13 Å². The van der Waals surface area contributed by atoms with Gasteiger partial charge in [0.05, 0.1) is 18.1 Å². The van der Waals surface area contributed by atoms with Gasteiger partial charge in [0.2, 0.25) is 11.8 Å². The van der Waals surface area contributed by atoms with Crippen molar-refractivity contribution < 1.29 is 18.7 Å². The van der Waals surface area contributed by atoms with Gasteiger partial charge < -0.3 is 14.5 Å². The highest BCUT2D eigenvalue weighted by Crippen LogP contribution is 2.24. The van der Waals surface area contributed by atoms with Crippen LogP contribution in [0.3, 0.4) is 0 Å². The van der Waals surface area contributed by atoms with Crippen molar-refractivity contribution in [2.75, 3.05) is 17.7 Å². The Labute approximate surface area is 134 Å². The first-order valence-corrected chi connectivity index (χ1v) is 8.17. The van der Waals surface area contributed by atoms with E-state index in [9.17, 15) is 9.59 Å². The van der Waals surface area contributed by atoms with Crippen LogP contribution in [0.25, 0.3) is 0 Å². The maximum Gasteiger partial charge on any atom is 0.350 e. The van der Waals surface area contributed by atoms with E-state index in [-0.39, 0.29) is 18.3 Å². The largest absolute Gasteiger partial charge is 0.462 e. The molecule has 0 spiro atoms. The van der Waals surface area contributed by atoms with Crippen LogP contribution in [0.15, 0.2) is 9.64 Å². The number of rotatable bonds is 6. The molecule has 0 saturated heterocycles. The van der Waals surface area contributed by atoms with Gasteiger partial charge in [-0.3, -0.25) is 4.79 Å². The van der Waals surface area contributed by atoms with Gasteiger partial charge in [-0.2, -0.15) is 0 Å². The minimum absolute atomic E-state index is 0.106. The van der Waals surface area contributed by atoms with E-state index >= 15 is 0 Å². The van der Waals surface area contributed by atoms with Gasteiger partial charge in [-0.25, -0.2) is 9.78 Å². The van der Waals surface area contributed by atoms with Crippen molar-refractivity contribution in [2.45, 2.75) is 26.0 Å². The van der Waals surface area contributed by atoms with E-state index in [2.05, 4.69) is 20.5 Å². The molecule has 1 N–H and O–H groups in total. The molecule has 0 aliphatic heterocycles. The molecule has 8 nitrogen and oxygen atoms in total. The Morgan fingerprint density at radius 3 is 2.77 bits per heavy atom. The molecule has 2 heterocycles. The molecule has 0 fully saturated rings. The lowest BCUT2D eigenvalue weighted by Gasteiger charge is -1.99. The number of hydrogen-bond donors (Lipinski definition) is 1. The summed E-state index contributed by atoms with van der Waals surface area (Å²) in [5.41, 5.74) is 0.527. The molecule has 0 aromatic carbocycles. The minimum Gasteiger partial charge on any atom is -0.462 e. The number of thioether (sulfide) groups is 1. The smallest absolute Gasteiger partial charge is 0.350 e. The highest BCUT2D eigenvalue weighted by molar-refractivity contribution is 7.99. The quantitative estimate of drug-likeness (QED) is 0.628. The third kappa shape index (κ3) is 4.28. The summed E-state index contributed by atoms with van der Waals surface area (Å²) in [5, 5.41) is 10.8. The summed E-state index contributed by atoms with van der Waals surface area (Å²) in [4.78, 5) is 28.0. The van der Waals surface area contributed by atoms with Gasteiger partial charge in [-0.15, -0.1) is 10.2 Å². The van der Waals surface area contributed by atoms with Crippen molar-refractivity contribution in [3.05, 3.63) is 16.5 Å². The lowest BCUT2D eigenvalue weighted by molar-refractivity contribution is -0.113. The molecule has 0 aliphatic carbocycles. The molecule has 2 aromatic rings. The number of ether oxygens (including phenoxy) is 1. The SMILES string of the molecule is CCOC(=O)c1sc(NC(=O)CSc2nnc(C)o2)nc1C. The van der Waals surface area contributed by atoms with E-state index < -0.39 is 5.97 Å². The Bertz CT molecular complexity index is 682. The van der Waals surface area contributed by atoms with Crippen molar-refractivity contribution in [1.29, 1.82) is 0 Å². The molecular formula is C12H14N4O4S2. The van der Waals surface area contributed by atoms with Crippen molar-refractivity contribution in [1.82, 2.24) is 15.2 Å². The molecule has 22 heavy (non-hydrogen) atoms. The third-order valence-corrected chi connectivity index (χ3v) is 4.21. The summed E-state index contributed by atoms with van der Waals surface area (Å²) < 4.78 is 10.1. The Morgan fingerprint density at radius 1 is 1.36 bits per heavy atom. The Morgan fingerprint density at radius 2 is 2.14 bits per heavy atom. The van der Waals surface area contributed by atoms with E-state index in [1.54, 1.807) is 20.8 Å². The maximum atomic E-state index is 11.8. The number of anilines is 1. The number of carbonyl (C=O) groups excluding carboxylic acids is 2. The summed E-state index contributed by atoms with van der Waals surface area (Å²) in [6, 6.07) is 0. The fraction of sp³-hybridized carbons (Fsp3) is 0.417. The first-order valence-electron chi connectivity index (χ1n) is 6.37. The van der Waals surface area contributed by atoms with Gasteiger partial charge in [-0.05, 0) is 13.8 Å². The van der Waals surface area contributed by atoms with Gasteiger partial charge in [0, 0.05) is 6.92 Å². The molecule has 1 amide bonds. The van der Waals surface area contributed by atoms with Crippen LogP contribution in [-0.4, -0.2) is 39.4 Å². The zero-order valence-corrected chi connectivity index (χ0v) is 13.8. The van der Waals surface area contributed by atoms with Gasteiger partial charge in [0.1, 0.15) is 4.88 Å². The Balaban J connectivity index is 1.91. The number of amides is 1. The number of nitrogens with zero attached hydrogens (tertiary/aromatic N) is 3. The van der Waals surface area contributed by atoms with E-state index in [0.717, 1.165) is 23.1 Å². The number of hydrogen-bond acceptors (Lipinski definition) is 9. The van der Waals surface area contributed by atoms with E-state index in [0.29, 0.717) is 26.8 Å². The molecule has 0 bridgehead atoms. The average Bonchev–Trinajstić information content (AvgIpc) is 3.03. The number of carbonyl (C=O) groups is 2. The fourth-order valence-electron chi connectivity index (χ4n) is 1.46. The molecule has 0 saturated carbocycles. The van der Waals surface area contributed by atoms with Gasteiger partial charge in [-0.1, -0.05) is 23.1 Å². The van der Waals surface area contributed by atoms with Crippen LogP contribution in [0, 0.1) is 13.8 Å². The lowest BCUT2D eigenvalue weighted by atomic mass is 10.4. The monoisotopic (exact) mass is 342 g/mol. The number of nitrogens with one attached hydrogen (secondary N) is 1. The minimum atomic E-state index is -0.436. The second kappa shape index (κ2) is 7.36. The highest BCUT2D eigenvalue weighted by atomic mass is 32.2. The van der Waals surface area contributed by atoms with Crippen LogP contribution >= 0.6 is 23.1 Å². The van der Waals surface area contributed by atoms with Crippen LogP contribution in [-0.2, 0) is 9.53 Å². The summed E-state index contributed by atoms with van der Waals surface area (Å²) in [5.74, 6) is -0.161. The summed E-state index contributed by atoms with van der Waals surface area (Å²) in [7, 11) is 0. The van der Waals surface area contributed by atoms with E-state index in [1.165, 1.54) is 0 Å². The van der Waals surface area contributed by atoms with E-state index in [1.807, 2.05) is 0 Å². The van der Waals surface area contributed by atoms with Crippen LogP contribution in [0.5, 0.6) is 0 Å².